The molecule has 0 bridgehead atoms. The number of nitrogens with zero attached hydrogens (tertiary/aromatic N) is 1. The number of carbonyl (C=O) groups is 1. The van der Waals surface area contributed by atoms with Crippen molar-refractivity contribution >= 4 is 38.1 Å². The summed E-state index contributed by atoms with van der Waals surface area (Å²) in [4.78, 5) is 16.0. The van der Waals surface area contributed by atoms with Gasteiger partial charge in [-0.05, 0) is 24.6 Å². The molecule has 2 N–H and O–H groups in total. The summed E-state index contributed by atoms with van der Waals surface area (Å²) in [5.41, 5.74) is 1.48. The minimum absolute atomic E-state index is 0.337. The molecule has 1 aromatic carbocycles. The van der Waals surface area contributed by atoms with Crippen LogP contribution >= 0.6 is 11.3 Å². The molecule has 2 rings (SSSR count). The highest BCUT2D eigenvalue weighted by molar-refractivity contribution is 7.92. The van der Waals surface area contributed by atoms with E-state index in [2.05, 4.69) is 15.0 Å². The molecular formula is C12H13N3O3S2. The summed E-state index contributed by atoms with van der Waals surface area (Å²) in [6.07, 6.45) is 2.65. The third-order valence-corrected chi connectivity index (χ3v) is 3.73. The molecule has 0 unspecified atom stereocenters. The maximum Gasteiger partial charge on any atom is 0.257 e. The Bertz CT molecular complexity index is 724. The van der Waals surface area contributed by atoms with Gasteiger partial charge in [0.2, 0.25) is 10.0 Å². The van der Waals surface area contributed by atoms with Crippen LogP contribution in [0.4, 0.5) is 10.8 Å². The Morgan fingerprint density at radius 3 is 2.70 bits per heavy atom. The Labute approximate surface area is 120 Å². The van der Waals surface area contributed by atoms with E-state index in [1.807, 2.05) is 0 Å². The van der Waals surface area contributed by atoms with Crippen LogP contribution in [0.5, 0.6) is 0 Å². The summed E-state index contributed by atoms with van der Waals surface area (Å²) >= 11 is 1.31. The second-order valence-electron chi connectivity index (χ2n) is 4.20. The summed E-state index contributed by atoms with van der Waals surface area (Å²) < 4.78 is 24.9. The van der Waals surface area contributed by atoms with Gasteiger partial charge in [-0.25, -0.2) is 13.4 Å². The average molecular weight is 311 g/mol. The van der Waals surface area contributed by atoms with E-state index in [1.165, 1.54) is 17.4 Å². The lowest BCUT2D eigenvalue weighted by molar-refractivity contribution is 0.102. The number of hydrogen-bond donors (Lipinski definition) is 2. The van der Waals surface area contributed by atoms with Crippen molar-refractivity contribution in [1.82, 2.24) is 4.98 Å². The third kappa shape index (κ3) is 3.78. The van der Waals surface area contributed by atoms with Gasteiger partial charge < -0.3 is 0 Å². The zero-order valence-corrected chi connectivity index (χ0v) is 12.5. The first-order valence-electron chi connectivity index (χ1n) is 5.64. The molecule has 0 radical (unpaired) electrons. The number of carbonyl (C=O) groups excluding carboxylic acids is 1. The van der Waals surface area contributed by atoms with Gasteiger partial charge in [0.1, 0.15) is 0 Å². The standard InChI is InChI=1S/C12H13N3O3S2/c1-8-3-4-9(7-10(8)15-20(2,17)18)11(16)14-12-13-5-6-19-12/h3-7,15H,1-2H3,(H,13,14,16). The van der Waals surface area contributed by atoms with E-state index in [-0.39, 0.29) is 5.91 Å². The van der Waals surface area contributed by atoms with Crippen molar-refractivity contribution in [2.24, 2.45) is 0 Å². The molecule has 2 aromatic rings. The van der Waals surface area contributed by atoms with E-state index >= 15 is 0 Å². The molecule has 0 fully saturated rings. The molecular weight excluding hydrogens is 298 g/mol. The van der Waals surface area contributed by atoms with Crippen molar-refractivity contribution < 1.29 is 13.2 Å². The second kappa shape index (κ2) is 5.59. The van der Waals surface area contributed by atoms with Crippen molar-refractivity contribution in [2.45, 2.75) is 6.92 Å². The Balaban J connectivity index is 2.24. The highest BCUT2D eigenvalue weighted by Crippen LogP contribution is 2.19. The lowest BCUT2D eigenvalue weighted by Crippen LogP contribution is -2.14. The van der Waals surface area contributed by atoms with Crippen LogP contribution in [0.3, 0.4) is 0 Å². The largest absolute Gasteiger partial charge is 0.298 e. The summed E-state index contributed by atoms with van der Waals surface area (Å²) in [7, 11) is -3.38. The molecule has 0 spiro atoms. The SMILES string of the molecule is Cc1ccc(C(=O)Nc2nccs2)cc1NS(C)(=O)=O. The maximum atomic E-state index is 12.0. The number of sulfonamides is 1. The van der Waals surface area contributed by atoms with Crippen LogP contribution in [0.25, 0.3) is 0 Å². The number of amides is 1. The van der Waals surface area contributed by atoms with Crippen molar-refractivity contribution in [3.8, 4) is 0 Å². The third-order valence-electron chi connectivity index (χ3n) is 2.45. The van der Waals surface area contributed by atoms with Gasteiger partial charge in [-0.1, -0.05) is 6.07 Å². The second-order valence-corrected chi connectivity index (χ2v) is 6.84. The van der Waals surface area contributed by atoms with E-state index in [0.717, 1.165) is 11.8 Å². The number of rotatable bonds is 4. The van der Waals surface area contributed by atoms with Crippen LogP contribution in [0.2, 0.25) is 0 Å². The van der Waals surface area contributed by atoms with Crippen molar-refractivity contribution in [3.63, 3.8) is 0 Å². The van der Waals surface area contributed by atoms with Crippen LogP contribution in [0.1, 0.15) is 15.9 Å². The molecule has 1 aromatic heterocycles. The number of benzene rings is 1. The van der Waals surface area contributed by atoms with Crippen molar-refractivity contribution in [3.05, 3.63) is 40.9 Å². The van der Waals surface area contributed by atoms with Gasteiger partial charge in [0.25, 0.3) is 5.91 Å². The molecule has 0 atom stereocenters. The fourth-order valence-corrected chi connectivity index (χ4v) is 2.67. The fraction of sp³-hybridized carbons (Fsp3) is 0.167. The van der Waals surface area contributed by atoms with Gasteiger partial charge >= 0.3 is 0 Å². The number of thiazole rings is 1. The topological polar surface area (TPSA) is 88.2 Å². The molecule has 20 heavy (non-hydrogen) atoms. The van der Waals surface area contributed by atoms with Crippen LogP contribution in [0, 0.1) is 6.92 Å². The van der Waals surface area contributed by atoms with Gasteiger partial charge in [0.15, 0.2) is 5.13 Å². The minimum Gasteiger partial charge on any atom is -0.298 e. The van der Waals surface area contributed by atoms with Crippen LogP contribution in [-0.4, -0.2) is 25.6 Å². The van der Waals surface area contributed by atoms with E-state index in [9.17, 15) is 13.2 Å². The van der Waals surface area contributed by atoms with E-state index < -0.39 is 10.0 Å². The first-order chi connectivity index (χ1) is 9.35. The van der Waals surface area contributed by atoms with E-state index in [1.54, 1.807) is 30.6 Å². The Hall–Kier alpha value is -1.93. The molecule has 6 nitrogen and oxygen atoms in total. The maximum absolute atomic E-state index is 12.0. The van der Waals surface area contributed by atoms with Gasteiger partial charge in [-0.2, -0.15) is 0 Å². The smallest absolute Gasteiger partial charge is 0.257 e. The Morgan fingerprint density at radius 2 is 2.10 bits per heavy atom. The summed E-state index contributed by atoms with van der Waals surface area (Å²) in [6, 6.07) is 4.81. The quantitative estimate of drug-likeness (QED) is 0.905. The fourth-order valence-electron chi connectivity index (χ4n) is 1.53. The minimum atomic E-state index is -3.38. The number of hydrogen-bond acceptors (Lipinski definition) is 5. The van der Waals surface area contributed by atoms with E-state index in [0.29, 0.717) is 16.4 Å². The van der Waals surface area contributed by atoms with Crippen LogP contribution in [0.15, 0.2) is 29.8 Å². The highest BCUT2D eigenvalue weighted by Gasteiger charge is 2.11. The van der Waals surface area contributed by atoms with Gasteiger partial charge in [-0.3, -0.25) is 14.8 Å². The van der Waals surface area contributed by atoms with Crippen molar-refractivity contribution in [1.29, 1.82) is 0 Å². The number of nitrogens with one attached hydrogen (secondary N) is 2. The predicted molar refractivity (Wildman–Crippen MR) is 79.7 cm³/mol. The molecule has 0 aliphatic heterocycles. The molecule has 1 heterocycles. The summed E-state index contributed by atoms with van der Waals surface area (Å²) in [6.45, 7) is 1.76. The van der Waals surface area contributed by atoms with Gasteiger partial charge in [-0.15, -0.1) is 11.3 Å². The molecule has 106 valence electrons. The van der Waals surface area contributed by atoms with Crippen LogP contribution < -0.4 is 10.0 Å². The molecule has 0 saturated heterocycles. The first kappa shape index (κ1) is 14.5. The van der Waals surface area contributed by atoms with Crippen LogP contribution in [-0.2, 0) is 10.0 Å². The lowest BCUT2D eigenvalue weighted by atomic mass is 10.1. The summed E-state index contributed by atoms with van der Waals surface area (Å²) in [5.74, 6) is -0.337. The van der Waals surface area contributed by atoms with E-state index in [4.69, 9.17) is 0 Å². The molecule has 8 heteroatoms. The highest BCUT2D eigenvalue weighted by atomic mass is 32.2. The first-order valence-corrected chi connectivity index (χ1v) is 8.41. The number of aromatic nitrogens is 1. The molecule has 0 aliphatic rings. The lowest BCUT2D eigenvalue weighted by Gasteiger charge is -2.09. The monoisotopic (exact) mass is 311 g/mol. The number of aryl methyl sites for hydroxylation is 1. The van der Waals surface area contributed by atoms with Gasteiger partial charge in [0, 0.05) is 17.1 Å². The molecule has 0 saturated carbocycles. The zero-order valence-electron chi connectivity index (χ0n) is 10.9. The number of anilines is 2. The summed E-state index contributed by atoms with van der Waals surface area (Å²) in [5, 5.41) is 4.88. The Kier molecular flexibility index (Phi) is 4.05. The zero-order chi connectivity index (χ0) is 14.8. The normalized spacial score (nSPS) is 11.1. The molecule has 0 aliphatic carbocycles. The van der Waals surface area contributed by atoms with Gasteiger partial charge in [0.05, 0.1) is 11.9 Å². The van der Waals surface area contributed by atoms with Crippen molar-refractivity contribution in [2.75, 3.05) is 16.3 Å². The predicted octanol–water partition coefficient (Wildman–Crippen LogP) is 2.08. The average Bonchev–Trinajstić information content (AvgIpc) is 2.83. The Morgan fingerprint density at radius 1 is 1.35 bits per heavy atom. The molecule has 1 amide bonds.